The molecule has 0 bridgehead atoms. The molecule has 0 saturated carbocycles. The van der Waals surface area contributed by atoms with Gasteiger partial charge in [-0.1, -0.05) is 129 Å². The third-order valence-electron chi connectivity index (χ3n) is 9.52. The van der Waals surface area contributed by atoms with Gasteiger partial charge in [0.05, 0.1) is 32.0 Å². The Bertz CT molecular complexity index is 1690. The second-order valence-corrected chi connectivity index (χ2v) is 17.7. The minimum absolute atomic E-state index is 0.265. The fourth-order valence-electron chi connectivity index (χ4n) is 6.72. The van der Waals surface area contributed by atoms with Crippen LogP contribution < -0.4 is 9.47 Å². The Kier molecular flexibility index (Phi) is 15.5. The Morgan fingerprint density at radius 3 is 1.12 bits per heavy atom. The molecule has 0 fully saturated rings. The van der Waals surface area contributed by atoms with Gasteiger partial charge in [0.25, 0.3) is 0 Å². The van der Waals surface area contributed by atoms with Crippen molar-refractivity contribution in [2.24, 2.45) is 0 Å². The van der Waals surface area contributed by atoms with Crippen molar-refractivity contribution in [1.82, 2.24) is 0 Å². The van der Waals surface area contributed by atoms with Crippen LogP contribution in [-0.4, -0.2) is 35.4 Å². The maximum atomic E-state index is 12.2. The molecule has 0 unspecified atom stereocenters. The maximum absolute atomic E-state index is 12.2. The normalized spacial score (nSPS) is 11.9. The smallest absolute Gasteiger partial charge is 0.349 e. The van der Waals surface area contributed by atoms with E-state index in [4.69, 9.17) is 9.47 Å². The summed E-state index contributed by atoms with van der Waals surface area (Å²) in [5.41, 5.74) is 0. The molecule has 0 aliphatic carbocycles. The summed E-state index contributed by atoms with van der Waals surface area (Å²) in [7, 11) is 0. The summed E-state index contributed by atoms with van der Waals surface area (Å²) in [6, 6.07) is 4.28. The molecule has 0 radical (unpaired) electrons. The third kappa shape index (κ3) is 9.92. The van der Waals surface area contributed by atoms with Crippen LogP contribution in [0.3, 0.4) is 0 Å². The number of aromatic carboxylic acids is 2. The first-order valence-corrected chi connectivity index (χ1v) is 22.3. The molecule has 5 rings (SSSR count). The summed E-state index contributed by atoms with van der Waals surface area (Å²) in [6.07, 6.45) is 24.7. The summed E-state index contributed by atoms with van der Waals surface area (Å²) in [6.45, 7) is 5.53. The van der Waals surface area contributed by atoms with Gasteiger partial charge < -0.3 is 19.7 Å². The van der Waals surface area contributed by atoms with Crippen LogP contribution in [0.2, 0.25) is 0 Å². The van der Waals surface area contributed by atoms with Crippen LogP contribution in [0.25, 0.3) is 39.0 Å². The summed E-state index contributed by atoms with van der Waals surface area (Å²) in [4.78, 5) is 25.0. The van der Waals surface area contributed by atoms with Gasteiger partial charge in [-0.05, 0) is 25.0 Å². The number of thiophene rings is 4. The fourth-order valence-corrected chi connectivity index (χ4v) is 11.7. The van der Waals surface area contributed by atoms with Gasteiger partial charge in [0.15, 0.2) is 21.3 Å². The lowest BCUT2D eigenvalue weighted by Gasteiger charge is -2.06. The first-order valence-electron chi connectivity index (χ1n) is 19.0. The van der Waals surface area contributed by atoms with Crippen LogP contribution in [0, 0.1) is 0 Å². The molecule has 0 atom stereocenters. The van der Waals surface area contributed by atoms with Crippen molar-refractivity contribution >= 4 is 96.3 Å². The molecule has 4 aromatic heterocycles. The van der Waals surface area contributed by atoms with E-state index in [0.29, 0.717) is 24.7 Å². The zero-order chi connectivity index (χ0) is 35.3. The molecule has 50 heavy (non-hydrogen) atoms. The van der Waals surface area contributed by atoms with Crippen molar-refractivity contribution in [2.45, 2.75) is 142 Å². The van der Waals surface area contributed by atoms with Gasteiger partial charge in [-0.15, -0.1) is 45.3 Å². The number of fused-ring (bicyclic) bond motifs is 6. The number of carbonyl (C=O) groups is 2. The van der Waals surface area contributed by atoms with E-state index in [2.05, 4.69) is 26.0 Å². The van der Waals surface area contributed by atoms with E-state index in [1.54, 1.807) is 22.7 Å². The number of hydrogen-bond acceptors (Lipinski definition) is 8. The minimum atomic E-state index is -0.951. The number of rotatable bonds is 26. The third-order valence-corrected chi connectivity index (χ3v) is 14.5. The summed E-state index contributed by atoms with van der Waals surface area (Å²) in [5.74, 6) is -0.911. The number of ether oxygens (including phenoxy) is 2. The number of unbranched alkanes of at least 4 members (excludes halogenated alkanes) is 18. The van der Waals surface area contributed by atoms with Gasteiger partial charge >= 0.3 is 11.9 Å². The fraction of sp³-hybridized carbons (Fsp3) is 0.600. The predicted octanol–water partition coefficient (Wildman–Crippen LogP) is 14.5. The van der Waals surface area contributed by atoms with Crippen molar-refractivity contribution in [3.63, 3.8) is 0 Å². The molecule has 10 heteroatoms. The summed E-state index contributed by atoms with van der Waals surface area (Å²) < 4.78 is 18.2. The lowest BCUT2D eigenvalue weighted by Crippen LogP contribution is -2.01. The lowest BCUT2D eigenvalue weighted by atomic mass is 10.1. The average Bonchev–Trinajstić information content (AvgIpc) is 3.83. The largest absolute Gasteiger partial charge is 0.490 e. The highest BCUT2D eigenvalue weighted by atomic mass is 32.1. The van der Waals surface area contributed by atoms with Gasteiger partial charge in [0, 0.05) is 20.2 Å². The summed E-state index contributed by atoms with van der Waals surface area (Å²) in [5, 5.41) is 22.1. The van der Waals surface area contributed by atoms with Gasteiger partial charge in [0.2, 0.25) is 0 Å². The number of carboxylic acid groups (broad SMARTS) is 2. The van der Waals surface area contributed by atoms with Crippen molar-refractivity contribution in [3.8, 4) is 11.5 Å². The molecule has 1 aromatic carbocycles. The monoisotopic (exact) mass is 758 g/mol. The van der Waals surface area contributed by atoms with Crippen LogP contribution in [0.15, 0.2) is 12.1 Å². The van der Waals surface area contributed by atoms with Gasteiger partial charge in [-0.2, -0.15) is 0 Å². The molecule has 0 aliphatic rings. The van der Waals surface area contributed by atoms with E-state index in [0.717, 1.165) is 64.7 Å². The van der Waals surface area contributed by atoms with Crippen LogP contribution in [0.1, 0.15) is 162 Å². The van der Waals surface area contributed by atoms with Crippen molar-refractivity contribution in [2.75, 3.05) is 13.2 Å². The first kappa shape index (κ1) is 38.8. The predicted molar refractivity (Wildman–Crippen MR) is 217 cm³/mol. The van der Waals surface area contributed by atoms with Crippen LogP contribution in [0.4, 0.5) is 0 Å². The lowest BCUT2D eigenvalue weighted by molar-refractivity contribution is 0.0687. The highest BCUT2D eigenvalue weighted by Gasteiger charge is 2.26. The zero-order valence-corrected chi connectivity index (χ0v) is 33.1. The number of hydrogen-bond donors (Lipinski definition) is 2. The topological polar surface area (TPSA) is 93.1 Å². The molecule has 0 spiro atoms. The van der Waals surface area contributed by atoms with E-state index in [1.165, 1.54) is 125 Å². The molecule has 0 aliphatic heterocycles. The molecule has 2 N–H and O–H groups in total. The SMILES string of the molecule is CCCCCCCCCCCCOc1c(C(=O)O)sc2c1sc1cc3c(cc12)sc1c(OCCCCCCCCCCCC)c(C(=O)O)sc13. The highest BCUT2D eigenvalue weighted by Crippen LogP contribution is 2.52. The molecule has 274 valence electrons. The second-order valence-electron chi connectivity index (χ2n) is 13.6. The Balaban J connectivity index is 1.23. The van der Waals surface area contributed by atoms with Gasteiger partial charge in [-0.3, -0.25) is 0 Å². The van der Waals surface area contributed by atoms with Crippen LogP contribution in [-0.2, 0) is 0 Å². The highest BCUT2D eigenvalue weighted by molar-refractivity contribution is 7.35. The molecular weight excluding hydrogens is 705 g/mol. The van der Waals surface area contributed by atoms with Crippen molar-refractivity contribution < 1.29 is 29.3 Å². The number of carboxylic acids is 2. The Morgan fingerprint density at radius 1 is 0.480 bits per heavy atom. The molecule has 4 heterocycles. The molecule has 5 aromatic rings. The van der Waals surface area contributed by atoms with Crippen molar-refractivity contribution in [1.29, 1.82) is 0 Å². The standard InChI is InChI=1S/C40H54O6S4/c1-3-5-7-9-11-13-15-17-19-21-23-45-31-35-33(49-37(31)39(41)42)27-25-30-28(26-29(27)47-35)34-36(48-30)32(38(50-34)40(43)44)46-24-22-20-18-16-14-12-10-8-6-4-2/h25-26H,3-24H2,1-2H3,(H,41,42)(H,43,44). The van der Waals surface area contributed by atoms with Gasteiger partial charge in [-0.25, -0.2) is 9.59 Å². The van der Waals surface area contributed by atoms with Crippen LogP contribution in [0.5, 0.6) is 11.5 Å². The number of benzene rings is 1. The van der Waals surface area contributed by atoms with E-state index in [-0.39, 0.29) is 9.75 Å². The zero-order valence-electron chi connectivity index (χ0n) is 29.9. The Morgan fingerprint density at radius 2 is 0.800 bits per heavy atom. The molecule has 0 amide bonds. The first-order chi connectivity index (χ1) is 24.4. The van der Waals surface area contributed by atoms with E-state index < -0.39 is 11.9 Å². The Hall–Kier alpha value is -2.40. The van der Waals surface area contributed by atoms with Gasteiger partial charge in [0.1, 0.15) is 0 Å². The summed E-state index contributed by atoms with van der Waals surface area (Å²) >= 11 is 5.72. The maximum Gasteiger partial charge on any atom is 0.349 e. The van der Waals surface area contributed by atoms with Crippen LogP contribution >= 0.6 is 45.3 Å². The quantitative estimate of drug-likeness (QED) is 0.0546. The van der Waals surface area contributed by atoms with Crippen molar-refractivity contribution in [3.05, 3.63) is 21.9 Å². The molecule has 0 saturated heterocycles. The van der Waals surface area contributed by atoms with E-state index in [1.807, 2.05) is 0 Å². The van der Waals surface area contributed by atoms with E-state index >= 15 is 0 Å². The van der Waals surface area contributed by atoms with E-state index in [9.17, 15) is 19.8 Å². The second kappa shape index (κ2) is 20.0. The Labute approximate surface area is 312 Å². The average molecular weight is 759 g/mol. The molecule has 6 nitrogen and oxygen atoms in total. The molecular formula is C40H54O6S4. The minimum Gasteiger partial charge on any atom is -0.490 e.